The summed E-state index contributed by atoms with van der Waals surface area (Å²) in [6.45, 7) is 0. The topological polar surface area (TPSA) is 73.7 Å². The van der Waals surface area contributed by atoms with E-state index in [0.29, 0.717) is 5.82 Å². The van der Waals surface area contributed by atoms with Crippen molar-refractivity contribution < 1.29 is 4.74 Å². The van der Waals surface area contributed by atoms with Gasteiger partial charge in [0.15, 0.2) is 5.82 Å². The number of rotatable bonds is 6. The van der Waals surface area contributed by atoms with Gasteiger partial charge in [-0.15, -0.1) is 0 Å². The quantitative estimate of drug-likeness (QED) is 0.167. The van der Waals surface area contributed by atoms with Crippen LogP contribution in [0.2, 0.25) is 0 Å². The van der Waals surface area contributed by atoms with Crippen LogP contribution in [-0.4, -0.2) is 24.9 Å². The molecule has 4 aromatic heterocycles. The van der Waals surface area contributed by atoms with E-state index in [1.165, 1.54) is 11.1 Å². The minimum absolute atomic E-state index is 0.641. The van der Waals surface area contributed by atoms with Gasteiger partial charge in [-0.1, -0.05) is 127 Å². The van der Waals surface area contributed by atoms with E-state index >= 15 is 0 Å². The van der Waals surface area contributed by atoms with Gasteiger partial charge >= 0.3 is 0 Å². The molecule has 1 spiro atoms. The Morgan fingerprint density at radius 3 is 1.53 bits per heavy atom. The molecule has 0 saturated heterocycles. The maximum atomic E-state index is 6.67. The molecule has 5 heterocycles. The molecule has 0 N–H and O–H groups in total. The highest BCUT2D eigenvalue weighted by Crippen LogP contribution is 2.62. The van der Waals surface area contributed by atoms with E-state index in [4.69, 9.17) is 19.7 Å². The van der Waals surface area contributed by atoms with Crippen molar-refractivity contribution in [3.8, 4) is 90.2 Å². The minimum atomic E-state index is -0.641. The van der Waals surface area contributed by atoms with Crippen LogP contribution < -0.4 is 4.74 Å². The molecule has 0 bridgehead atoms. The highest BCUT2D eigenvalue weighted by molar-refractivity contribution is 5.94. The number of hydrogen-bond donors (Lipinski definition) is 0. The summed E-state index contributed by atoms with van der Waals surface area (Å²) in [4.78, 5) is 24.5. The average Bonchev–Trinajstić information content (AvgIpc) is 3.64. The summed E-state index contributed by atoms with van der Waals surface area (Å²) in [6.07, 6.45) is 7.31. The number of ether oxygens (including phenoxy) is 1. The first-order valence-electron chi connectivity index (χ1n) is 20.7. The number of aromatic nitrogens is 5. The van der Waals surface area contributed by atoms with Crippen molar-refractivity contribution in [2.24, 2.45) is 0 Å². The lowest BCUT2D eigenvalue weighted by atomic mass is 9.66. The zero-order valence-electron chi connectivity index (χ0n) is 33.4. The molecule has 62 heavy (non-hydrogen) atoms. The molecule has 0 radical (unpaired) electrons. The number of para-hydroxylation sites is 2. The molecule has 0 fully saturated rings. The lowest BCUT2D eigenvalue weighted by molar-refractivity contribution is 0.436. The number of hydrogen-bond acceptors (Lipinski definition) is 6. The Balaban J connectivity index is 1.11. The number of benzene rings is 6. The third-order valence-corrected chi connectivity index (χ3v) is 12.2. The van der Waals surface area contributed by atoms with E-state index in [0.717, 1.165) is 95.5 Å². The van der Waals surface area contributed by atoms with Crippen molar-refractivity contribution in [2.75, 3.05) is 0 Å². The third kappa shape index (κ3) is 5.69. The van der Waals surface area contributed by atoms with E-state index in [-0.39, 0.29) is 0 Å². The Labute approximate surface area is 359 Å². The molecular weight excluding hydrogens is 759 g/mol. The molecule has 6 nitrogen and oxygen atoms in total. The van der Waals surface area contributed by atoms with Crippen LogP contribution in [-0.2, 0) is 5.41 Å². The molecule has 6 heteroatoms. The van der Waals surface area contributed by atoms with Crippen molar-refractivity contribution >= 4 is 0 Å². The van der Waals surface area contributed by atoms with Gasteiger partial charge in [-0.25, -0.2) is 15.0 Å². The van der Waals surface area contributed by atoms with Crippen molar-refractivity contribution in [2.45, 2.75) is 5.41 Å². The molecule has 2 aliphatic rings. The first-order chi connectivity index (χ1) is 30.7. The summed E-state index contributed by atoms with van der Waals surface area (Å²) in [7, 11) is 0. The fourth-order valence-corrected chi connectivity index (χ4v) is 9.39. The Kier molecular flexibility index (Phi) is 8.28. The molecule has 10 aromatic rings. The maximum absolute atomic E-state index is 6.67. The highest BCUT2D eigenvalue weighted by Gasteiger charge is 2.51. The second-order valence-corrected chi connectivity index (χ2v) is 15.6. The van der Waals surface area contributed by atoms with E-state index in [9.17, 15) is 0 Å². The van der Waals surface area contributed by atoms with Gasteiger partial charge in [-0.2, -0.15) is 0 Å². The zero-order chi connectivity index (χ0) is 41.0. The predicted molar refractivity (Wildman–Crippen MR) is 245 cm³/mol. The lowest BCUT2D eigenvalue weighted by Crippen LogP contribution is -2.32. The largest absolute Gasteiger partial charge is 0.457 e. The van der Waals surface area contributed by atoms with E-state index in [1.54, 1.807) is 12.4 Å². The summed E-state index contributed by atoms with van der Waals surface area (Å²) in [5.41, 5.74) is 16.6. The SMILES string of the molecule is c1ccc(-c2cc(-c3ccc4c(c3)-c3cc(-c5ccc(-c6cccnc6)nc5-c5cccnc5)ccc3C43c4ccccc4Oc4ccccc43)nc(-c3ccccc3)n2)cc1. The summed E-state index contributed by atoms with van der Waals surface area (Å²) >= 11 is 0. The smallest absolute Gasteiger partial charge is 0.160 e. The standard InChI is InChI=1S/C56H35N5O/c1-3-13-36(14-4-1)50-33-51(61-55(60-50)37-15-5-2-6-16-37)39-24-27-46-44(32-39)43-31-38(42-25-28-49(40-17-11-29-57-34-40)59-54(42)41-18-12-30-58-35-41)23-26-45(43)56(46)47-19-7-9-21-52(47)62-53-22-10-8-20-48(53)56/h1-35H. The minimum Gasteiger partial charge on any atom is -0.457 e. The second kappa shape index (κ2) is 14.4. The molecule has 0 amide bonds. The van der Waals surface area contributed by atoms with Crippen molar-refractivity contribution in [1.29, 1.82) is 0 Å². The first-order valence-corrected chi connectivity index (χ1v) is 20.7. The molecule has 0 saturated carbocycles. The number of nitrogens with zero attached hydrogens (tertiary/aromatic N) is 5. The molecule has 0 atom stereocenters. The van der Waals surface area contributed by atoms with E-state index < -0.39 is 5.41 Å². The van der Waals surface area contributed by atoms with Crippen LogP contribution in [0, 0.1) is 0 Å². The molecule has 0 unspecified atom stereocenters. The Bertz CT molecular complexity index is 3220. The van der Waals surface area contributed by atoms with Crippen LogP contribution in [0.3, 0.4) is 0 Å². The zero-order valence-corrected chi connectivity index (χ0v) is 33.4. The second-order valence-electron chi connectivity index (χ2n) is 15.6. The predicted octanol–water partition coefficient (Wildman–Crippen LogP) is 13.1. The van der Waals surface area contributed by atoms with Gasteiger partial charge in [0.2, 0.25) is 0 Å². The van der Waals surface area contributed by atoms with Crippen LogP contribution in [0.5, 0.6) is 11.5 Å². The van der Waals surface area contributed by atoms with Crippen LogP contribution in [0.4, 0.5) is 0 Å². The van der Waals surface area contributed by atoms with Crippen molar-refractivity contribution in [1.82, 2.24) is 24.9 Å². The molecule has 290 valence electrons. The van der Waals surface area contributed by atoms with E-state index in [1.807, 2.05) is 67.0 Å². The molecule has 12 rings (SSSR count). The number of pyridine rings is 3. The van der Waals surface area contributed by atoms with Crippen LogP contribution in [0.15, 0.2) is 213 Å². The Morgan fingerprint density at radius 1 is 0.339 bits per heavy atom. The lowest BCUT2D eigenvalue weighted by Gasteiger charge is -2.39. The fraction of sp³-hybridized carbons (Fsp3) is 0.0179. The summed E-state index contributed by atoms with van der Waals surface area (Å²) in [5.74, 6) is 2.38. The van der Waals surface area contributed by atoms with E-state index in [2.05, 4.69) is 143 Å². The van der Waals surface area contributed by atoms with Gasteiger partial charge in [0.25, 0.3) is 0 Å². The number of fused-ring (bicyclic) bond motifs is 9. The van der Waals surface area contributed by atoms with Crippen LogP contribution in [0.25, 0.3) is 78.7 Å². The molecule has 1 aliphatic heterocycles. The average molecular weight is 794 g/mol. The van der Waals surface area contributed by atoms with Gasteiger partial charge in [0.05, 0.1) is 28.2 Å². The summed E-state index contributed by atoms with van der Waals surface area (Å²) < 4.78 is 6.67. The van der Waals surface area contributed by atoms with Crippen LogP contribution in [0.1, 0.15) is 22.3 Å². The third-order valence-electron chi connectivity index (χ3n) is 12.2. The van der Waals surface area contributed by atoms with Gasteiger partial charge in [-0.05, 0) is 88.5 Å². The normalized spacial score (nSPS) is 12.8. The Hall–Kier alpha value is -8.35. The van der Waals surface area contributed by atoms with Gasteiger partial charge < -0.3 is 4.74 Å². The van der Waals surface area contributed by atoms with Crippen molar-refractivity contribution in [3.05, 3.63) is 235 Å². The fourth-order valence-electron chi connectivity index (χ4n) is 9.39. The monoisotopic (exact) mass is 793 g/mol. The van der Waals surface area contributed by atoms with Crippen molar-refractivity contribution in [3.63, 3.8) is 0 Å². The molecule has 6 aromatic carbocycles. The molecular formula is C56H35N5O. The highest BCUT2D eigenvalue weighted by atomic mass is 16.5. The maximum Gasteiger partial charge on any atom is 0.160 e. The molecule has 1 aliphatic carbocycles. The summed E-state index contributed by atoms with van der Waals surface area (Å²) in [6, 6.07) is 65.6. The van der Waals surface area contributed by atoms with Gasteiger partial charge in [0, 0.05) is 69.3 Å². The van der Waals surface area contributed by atoms with Gasteiger partial charge in [0.1, 0.15) is 11.5 Å². The summed E-state index contributed by atoms with van der Waals surface area (Å²) in [5, 5.41) is 0. The van der Waals surface area contributed by atoms with Crippen LogP contribution >= 0.6 is 0 Å². The first kappa shape index (κ1) is 35.6. The van der Waals surface area contributed by atoms with Gasteiger partial charge in [-0.3, -0.25) is 9.97 Å². The Morgan fingerprint density at radius 2 is 0.887 bits per heavy atom.